The molecule has 1 atom stereocenters. The van der Waals surface area contributed by atoms with Crippen LogP contribution in [-0.2, 0) is 9.53 Å². The van der Waals surface area contributed by atoms with E-state index in [1.807, 2.05) is 18.2 Å². The molecule has 25 heavy (non-hydrogen) atoms. The third-order valence-corrected chi connectivity index (χ3v) is 5.27. The van der Waals surface area contributed by atoms with E-state index in [1.165, 1.54) is 0 Å². The second-order valence-electron chi connectivity index (χ2n) is 6.46. The first-order valence-corrected chi connectivity index (χ1v) is 9.18. The maximum Gasteiger partial charge on any atom is 0.223 e. The molecule has 2 aliphatic heterocycles. The highest BCUT2D eigenvalue weighted by molar-refractivity contribution is 6.31. The molecule has 140 valence electrons. The van der Waals surface area contributed by atoms with Gasteiger partial charge in [0.2, 0.25) is 5.91 Å². The highest BCUT2D eigenvalue weighted by Gasteiger charge is 2.26. The Kier molecular flexibility index (Phi) is 8.46. The van der Waals surface area contributed by atoms with E-state index in [2.05, 4.69) is 21.6 Å². The molecule has 1 aromatic rings. The molecule has 2 aliphatic rings. The monoisotopic (exact) mass is 387 g/mol. The lowest BCUT2D eigenvalue weighted by molar-refractivity contribution is -0.126. The van der Waals surface area contributed by atoms with Crippen LogP contribution in [0.1, 0.15) is 24.4 Å². The van der Waals surface area contributed by atoms with E-state index >= 15 is 0 Å². The maximum atomic E-state index is 12.5. The summed E-state index contributed by atoms with van der Waals surface area (Å²) in [7, 11) is 0. The van der Waals surface area contributed by atoms with Gasteiger partial charge in [0.25, 0.3) is 0 Å². The standard InChI is InChI=1S/C18H26ClN3O2.ClH/c19-16-4-2-1-3-15(16)17(22-9-11-24-12-10-22)13-21-18(23)14-5-7-20-8-6-14;/h1-4,14,17,20H,5-13H2,(H,21,23);1H. The van der Waals surface area contributed by atoms with Gasteiger partial charge < -0.3 is 15.4 Å². The number of halogens is 2. The van der Waals surface area contributed by atoms with Crippen LogP contribution in [0.5, 0.6) is 0 Å². The van der Waals surface area contributed by atoms with Crippen LogP contribution in [-0.4, -0.2) is 56.7 Å². The molecular formula is C18H27Cl2N3O2. The van der Waals surface area contributed by atoms with Crippen LogP contribution in [0.3, 0.4) is 0 Å². The predicted molar refractivity (Wildman–Crippen MR) is 102 cm³/mol. The fourth-order valence-electron chi connectivity index (χ4n) is 3.50. The zero-order valence-electron chi connectivity index (χ0n) is 14.4. The van der Waals surface area contributed by atoms with Gasteiger partial charge in [-0.3, -0.25) is 9.69 Å². The SMILES string of the molecule is Cl.O=C(NCC(c1ccccc1Cl)N1CCOCC1)C1CCNCC1. The number of morpholine rings is 1. The van der Waals surface area contributed by atoms with Crippen LogP contribution in [0, 0.1) is 5.92 Å². The first-order valence-electron chi connectivity index (χ1n) is 8.80. The van der Waals surface area contributed by atoms with Crippen molar-refractivity contribution in [3.05, 3.63) is 34.9 Å². The Morgan fingerprint density at radius 2 is 1.96 bits per heavy atom. The summed E-state index contributed by atoms with van der Waals surface area (Å²) in [4.78, 5) is 14.8. The van der Waals surface area contributed by atoms with Crippen LogP contribution in [0.15, 0.2) is 24.3 Å². The summed E-state index contributed by atoms with van der Waals surface area (Å²) in [6, 6.07) is 8.00. The fourth-order valence-corrected chi connectivity index (χ4v) is 3.76. The van der Waals surface area contributed by atoms with Crippen LogP contribution in [0.25, 0.3) is 0 Å². The van der Waals surface area contributed by atoms with Crippen LogP contribution < -0.4 is 10.6 Å². The van der Waals surface area contributed by atoms with Gasteiger partial charge in [0, 0.05) is 30.6 Å². The molecule has 5 nitrogen and oxygen atoms in total. The zero-order chi connectivity index (χ0) is 16.8. The maximum absolute atomic E-state index is 12.5. The molecule has 2 saturated heterocycles. The second kappa shape index (κ2) is 10.3. The number of nitrogens with one attached hydrogen (secondary N) is 2. The third-order valence-electron chi connectivity index (χ3n) is 4.93. The van der Waals surface area contributed by atoms with Crippen molar-refractivity contribution in [3.8, 4) is 0 Å². The molecule has 0 aromatic heterocycles. The van der Waals surface area contributed by atoms with Crippen molar-refractivity contribution in [1.29, 1.82) is 0 Å². The number of benzene rings is 1. The van der Waals surface area contributed by atoms with Crippen molar-refractivity contribution >= 4 is 29.9 Å². The van der Waals surface area contributed by atoms with E-state index < -0.39 is 0 Å². The Labute approximate surface area is 160 Å². The smallest absolute Gasteiger partial charge is 0.223 e. The van der Waals surface area contributed by atoms with E-state index in [-0.39, 0.29) is 30.3 Å². The van der Waals surface area contributed by atoms with E-state index in [4.69, 9.17) is 16.3 Å². The zero-order valence-corrected chi connectivity index (χ0v) is 16.0. The summed E-state index contributed by atoms with van der Waals surface area (Å²) in [5, 5.41) is 7.22. The highest BCUT2D eigenvalue weighted by Crippen LogP contribution is 2.28. The van der Waals surface area contributed by atoms with Crippen molar-refractivity contribution in [1.82, 2.24) is 15.5 Å². The first-order chi connectivity index (χ1) is 11.8. The van der Waals surface area contributed by atoms with Crippen molar-refractivity contribution in [2.75, 3.05) is 45.9 Å². The molecule has 1 unspecified atom stereocenters. The van der Waals surface area contributed by atoms with Crippen LogP contribution in [0.4, 0.5) is 0 Å². The van der Waals surface area contributed by atoms with Crippen molar-refractivity contribution in [2.24, 2.45) is 5.92 Å². The van der Waals surface area contributed by atoms with Gasteiger partial charge in [-0.15, -0.1) is 12.4 Å². The van der Waals surface area contributed by atoms with Crippen LogP contribution >= 0.6 is 24.0 Å². The van der Waals surface area contributed by atoms with Crippen molar-refractivity contribution < 1.29 is 9.53 Å². The van der Waals surface area contributed by atoms with E-state index in [0.717, 1.165) is 62.8 Å². The van der Waals surface area contributed by atoms with Gasteiger partial charge in [0.1, 0.15) is 0 Å². The number of carbonyl (C=O) groups excluding carboxylic acids is 1. The average Bonchev–Trinajstić information content (AvgIpc) is 2.65. The third kappa shape index (κ3) is 5.56. The molecule has 1 aromatic carbocycles. The molecule has 7 heteroatoms. The van der Waals surface area contributed by atoms with Gasteiger partial charge in [-0.25, -0.2) is 0 Å². The summed E-state index contributed by atoms with van der Waals surface area (Å²) >= 11 is 6.42. The molecular weight excluding hydrogens is 361 g/mol. The van der Waals surface area contributed by atoms with E-state index in [9.17, 15) is 4.79 Å². The second-order valence-corrected chi connectivity index (χ2v) is 6.86. The topological polar surface area (TPSA) is 53.6 Å². The lowest BCUT2D eigenvalue weighted by Gasteiger charge is -2.35. The molecule has 3 rings (SSSR count). The molecule has 0 radical (unpaired) electrons. The normalized spacial score (nSPS) is 20.5. The molecule has 1 amide bonds. The lowest BCUT2D eigenvalue weighted by atomic mass is 9.97. The van der Waals surface area contributed by atoms with Gasteiger partial charge >= 0.3 is 0 Å². The molecule has 2 heterocycles. The quantitative estimate of drug-likeness (QED) is 0.813. The minimum atomic E-state index is 0. The van der Waals surface area contributed by atoms with Crippen molar-refractivity contribution in [3.63, 3.8) is 0 Å². The lowest BCUT2D eigenvalue weighted by Crippen LogP contribution is -2.45. The summed E-state index contributed by atoms with van der Waals surface area (Å²) < 4.78 is 5.47. The highest BCUT2D eigenvalue weighted by atomic mass is 35.5. The fraction of sp³-hybridized carbons (Fsp3) is 0.611. The number of nitrogens with zero attached hydrogens (tertiary/aromatic N) is 1. The average molecular weight is 388 g/mol. The minimum Gasteiger partial charge on any atom is -0.379 e. The minimum absolute atomic E-state index is 0. The molecule has 0 saturated carbocycles. The Morgan fingerprint density at radius 1 is 1.28 bits per heavy atom. The number of ether oxygens (including phenoxy) is 1. The molecule has 0 aliphatic carbocycles. The molecule has 0 spiro atoms. The number of rotatable bonds is 5. The number of piperidine rings is 1. The molecule has 2 fully saturated rings. The van der Waals surface area contributed by atoms with Gasteiger partial charge in [-0.05, 0) is 37.6 Å². The van der Waals surface area contributed by atoms with Gasteiger partial charge in [-0.2, -0.15) is 0 Å². The van der Waals surface area contributed by atoms with Crippen molar-refractivity contribution in [2.45, 2.75) is 18.9 Å². The summed E-state index contributed by atoms with van der Waals surface area (Å²) in [6.07, 6.45) is 1.83. The molecule has 2 N–H and O–H groups in total. The predicted octanol–water partition coefficient (Wildman–Crippen LogP) is 2.25. The number of carbonyl (C=O) groups is 1. The summed E-state index contributed by atoms with van der Waals surface area (Å²) in [5.74, 6) is 0.296. The number of amides is 1. The Morgan fingerprint density at radius 3 is 2.64 bits per heavy atom. The Bertz CT molecular complexity index is 547. The van der Waals surface area contributed by atoms with E-state index in [0.29, 0.717) is 6.54 Å². The van der Waals surface area contributed by atoms with Crippen LogP contribution in [0.2, 0.25) is 5.02 Å². The summed E-state index contributed by atoms with van der Waals surface area (Å²) in [5.41, 5.74) is 1.08. The summed E-state index contributed by atoms with van der Waals surface area (Å²) in [6.45, 7) is 5.61. The first kappa shape index (κ1) is 20.5. The number of hydrogen-bond acceptors (Lipinski definition) is 4. The van der Waals surface area contributed by atoms with Gasteiger partial charge in [0.15, 0.2) is 0 Å². The Balaban J connectivity index is 0.00000225. The van der Waals surface area contributed by atoms with Gasteiger partial charge in [0.05, 0.1) is 19.3 Å². The van der Waals surface area contributed by atoms with Gasteiger partial charge in [-0.1, -0.05) is 29.8 Å². The largest absolute Gasteiger partial charge is 0.379 e. The number of hydrogen-bond donors (Lipinski definition) is 2. The molecule has 0 bridgehead atoms. The Hall–Kier alpha value is -0.850. The van der Waals surface area contributed by atoms with E-state index in [1.54, 1.807) is 0 Å².